The summed E-state index contributed by atoms with van der Waals surface area (Å²) >= 11 is 0.966. The highest BCUT2D eigenvalue weighted by Gasteiger charge is 2.22. The number of esters is 1. The van der Waals surface area contributed by atoms with Crippen molar-refractivity contribution in [2.24, 2.45) is 16.5 Å². The summed E-state index contributed by atoms with van der Waals surface area (Å²) in [7, 11) is 0. The van der Waals surface area contributed by atoms with Crippen LogP contribution >= 0.6 is 36.2 Å². The molecule has 2 aromatic heterocycles. The van der Waals surface area contributed by atoms with E-state index in [9.17, 15) is 28.7 Å². The molecule has 0 aliphatic rings. The van der Waals surface area contributed by atoms with Crippen LogP contribution in [0, 0.1) is 5.82 Å². The molecule has 0 saturated carbocycles. The number of carbonyl (C=O) groups excluding carboxylic acids is 2. The smallest absolute Gasteiger partial charge is 0.345 e. The lowest BCUT2D eigenvalue weighted by atomic mass is 10.1. The van der Waals surface area contributed by atoms with Crippen LogP contribution in [0.5, 0.6) is 5.75 Å². The van der Waals surface area contributed by atoms with Crippen LogP contribution in [0.1, 0.15) is 36.1 Å². The fraction of sp³-hybridized carbons (Fsp3) is 0.0769. The number of fused-ring (bicyclic) bond motifs is 1. The van der Waals surface area contributed by atoms with E-state index in [-0.39, 0.29) is 64.9 Å². The van der Waals surface area contributed by atoms with E-state index in [2.05, 4.69) is 9.98 Å². The van der Waals surface area contributed by atoms with Crippen LogP contribution in [-0.2, 0) is 11.3 Å². The number of carbonyl (C=O) groups is 4. The molecule has 2 aromatic carbocycles. The Bertz CT molecular complexity index is 1690. The third-order valence-electron chi connectivity index (χ3n) is 5.37. The van der Waals surface area contributed by atoms with Gasteiger partial charge < -0.3 is 31.3 Å². The molecular weight excluding hydrogens is 616 g/mol. The van der Waals surface area contributed by atoms with Gasteiger partial charge in [0.05, 0.1) is 11.1 Å². The van der Waals surface area contributed by atoms with Crippen LogP contribution in [-0.4, -0.2) is 56.4 Å². The molecule has 0 spiro atoms. The molecule has 4 rings (SSSR count). The molecule has 1 amide bonds. The van der Waals surface area contributed by atoms with E-state index < -0.39 is 36.2 Å². The molecule has 0 aliphatic carbocycles. The van der Waals surface area contributed by atoms with E-state index >= 15 is 0 Å². The van der Waals surface area contributed by atoms with Crippen molar-refractivity contribution >= 4 is 82.5 Å². The van der Waals surface area contributed by atoms with Crippen molar-refractivity contribution in [2.75, 3.05) is 6.54 Å². The second-order valence-corrected chi connectivity index (χ2v) is 9.23. The van der Waals surface area contributed by atoms with Crippen molar-refractivity contribution in [3.05, 3.63) is 87.5 Å². The number of carboxylic acids is 2. The number of aromatic carboxylic acids is 1. The van der Waals surface area contributed by atoms with Crippen molar-refractivity contribution < 1.29 is 38.5 Å². The van der Waals surface area contributed by atoms with Gasteiger partial charge in [0.2, 0.25) is 0 Å². The molecule has 6 N–H and O–H groups in total. The number of halogens is 3. The summed E-state index contributed by atoms with van der Waals surface area (Å²) in [6, 6.07) is 12.2. The Morgan fingerprint density at radius 2 is 1.74 bits per heavy atom. The fourth-order valence-electron chi connectivity index (χ4n) is 3.63. The fourth-order valence-corrected chi connectivity index (χ4v) is 4.37. The van der Waals surface area contributed by atoms with E-state index in [4.69, 9.17) is 21.3 Å². The summed E-state index contributed by atoms with van der Waals surface area (Å²) in [6.45, 7) is -0.754. The molecule has 12 nitrogen and oxygen atoms in total. The number of amides is 1. The number of nitrogens with two attached hydrogens (primary N) is 2. The molecule has 0 aliphatic heterocycles. The first kappa shape index (κ1) is 33.4. The summed E-state index contributed by atoms with van der Waals surface area (Å²) in [6.07, 6.45) is 0. The summed E-state index contributed by atoms with van der Waals surface area (Å²) in [5, 5.41) is 20.4. The highest BCUT2D eigenvalue weighted by atomic mass is 35.5. The third kappa shape index (κ3) is 8.13. The minimum absolute atomic E-state index is 0. The molecule has 0 atom stereocenters. The molecule has 0 saturated heterocycles. The maximum Gasteiger partial charge on any atom is 0.345 e. The molecule has 4 aromatic rings. The zero-order valence-electron chi connectivity index (χ0n) is 21.2. The molecule has 16 heteroatoms. The molecular formula is C26H22Cl2FN5O7S. The number of pyridine rings is 1. The number of nitrogens with zero attached hydrogens (tertiary/aromatic N) is 3. The maximum atomic E-state index is 14.2. The van der Waals surface area contributed by atoms with Crippen molar-refractivity contribution in [2.45, 2.75) is 6.54 Å². The number of carboxylic acid groups (broad SMARTS) is 2. The van der Waals surface area contributed by atoms with Gasteiger partial charge in [0.25, 0.3) is 5.91 Å². The van der Waals surface area contributed by atoms with E-state index in [1.54, 1.807) is 6.07 Å². The predicted molar refractivity (Wildman–Crippen MR) is 157 cm³/mol. The third-order valence-corrected chi connectivity index (χ3v) is 6.34. The van der Waals surface area contributed by atoms with Crippen LogP contribution in [0.25, 0.3) is 10.9 Å². The predicted octanol–water partition coefficient (Wildman–Crippen LogP) is 3.83. The minimum Gasteiger partial charge on any atom is -0.480 e. The standard InChI is InChI=1S/C26H20FN5O7S.2ClH/c27-17-9-15(2-4-19(17)31-26(28)29)25(38)39-16-3-6-18-14(8-16)1-5-20(30-18)23(35)32(11-22(33)34)10-13-7-21(24(36)37)40-12-13;;/h1-9,12H,10-11H2,(H,33,34)(H,36,37)(H4,28,29,31);2*1H. The van der Waals surface area contributed by atoms with Crippen LogP contribution < -0.4 is 16.2 Å². The zero-order chi connectivity index (χ0) is 29.0. The number of hydrogen-bond acceptors (Lipinski definition) is 8. The van der Waals surface area contributed by atoms with Gasteiger partial charge in [-0.05, 0) is 59.5 Å². The van der Waals surface area contributed by atoms with Crippen LogP contribution in [0.3, 0.4) is 0 Å². The lowest BCUT2D eigenvalue weighted by Gasteiger charge is -2.20. The van der Waals surface area contributed by atoms with Crippen LogP contribution in [0.4, 0.5) is 10.1 Å². The van der Waals surface area contributed by atoms with Gasteiger partial charge in [-0.25, -0.2) is 24.0 Å². The number of thiophene rings is 1. The first-order chi connectivity index (χ1) is 19.0. The van der Waals surface area contributed by atoms with Gasteiger partial charge in [0.15, 0.2) is 5.96 Å². The Labute approximate surface area is 253 Å². The Morgan fingerprint density at radius 3 is 2.36 bits per heavy atom. The number of benzene rings is 2. The number of rotatable bonds is 9. The Balaban J connectivity index is 0.00000308. The largest absolute Gasteiger partial charge is 0.480 e. The van der Waals surface area contributed by atoms with Crippen molar-refractivity contribution in [3.63, 3.8) is 0 Å². The van der Waals surface area contributed by atoms with Gasteiger partial charge >= 0.3 is 17.9 Å². The van der Waals surface area contributed by atoms with E-state index in [1.807, 2.05) is 0 Å². The van der Waals surface area contributed by atoms with Gasteiger partial charge in [0.1, 0.15) is 34.4 Å². The van der Waals surface area contributed by atoms with E-state index in [0.717, 1.165) is 22.3 Å². The summed E-state index contributed by atoms with van der Waals surface area (Å²) in [5.41, 5.74) is 11.1. The number of aromatic nitrogens is 1. The Kier molecular flexibility index (Phi) is 11.3. The Morgan fingerprint density at radius 1 is 1.00 bits per heavy atom. The quantitative estimate of drug-likeness (QED) is 0.0904. The SMILES string of the molecule is Cl.Cl.NC(N)=Nc1ccc(C(=O)Oc2ccc3nc(C(=O)N(CC(=O)O)Cc4csc(C(=O)O)c4)ccc3c2)cc1F. The highest BCUT2D eigenvalue weighted by Crippen LogP contribution is 2.24. The summed E-state index contributed by atoms with van der Waals surface area (Å²) < 4.78 is 19.5. The molecule has 220 valence electrons. The monoisotopic (exact) mass is 637 g/mol. The van der Waals surface area contributed by atoms with Gasteiger partial charge in [-0.3, -0.25) is 9.59 Å². The molecule has 0 fully saturated rings. The van der Waals surface area contributed by atoms with E-state index in [1.165, 1.54) is 47.8 Å². The second-order valence-electron chi connectivity index (χ2n) is 8.32. The van der Waals surface area contributed by atoms with Crippen molar-refractivity contribution in [1.29, 1.82) is 0 Å². The lowest BCUT2D eigenvalue weighted by molar-refractivity contribution is -0.137. The van der Waals surface area contributed by atoms with Gasteiger partial charge in [-0.2, -0.15) is 0 Å². The van der Waals surface area contributed by atoms with Gasteiger partial charge in [-0.1, -0.05) is 6.07 Å². The number of ether oxygens (including phenoxy) is 1. The first-order valence-electron chi connectivity index (χ1n) is 11.3. The number of aliphatic carboxylic acids is 1. The van der Waals surface area contributed by atoms with Crippen molar-refractivity contribution in [3.8, 4) is 5.75 Å². The van der Waals surface area contributed by atoms with Gasteiger partial charge in [-0.15, -0.1) is 36.2 Å². The van der Waals surface area contributed by atoms with Crippen LogP contribution in [0.2, 0.25) is 0 Å². The molecule has 2 heterocycles. The number of aliphatic imine (C=N–C) groups is 1. The zero-order valence-corrected chi connectivity index (χ0v) is 23.7. The first-order valence-corrected chi connectivity index (χ1v) is 12.2. The van der Waals surface area contributed by atoms with Crippen LogP contribution in [0.15, 0.2) is 65.0 Å². The van der Waals surface area contributed by atoms with Crippen molar-refractivity contribution in [1.82, 2.24) is 9.88 Å². The minimum atomic E-state index is -1.25. The summed E-state index contributed by atoms with van der Waals surface area (Å²) in [4.78, 5) is 57.2. The molecule has 42 heavy (non-hydrogen) atoms. The maximum absolute atomic E-state index is 14.2. The summed E-state index contributed by atoms with van der Waals surface area (Å²) in [5.74, 6) is -4.91. The lowest BCUT2D eigenvalue weighted by Crippen LogP contribution is -2.35. The Hall–Kier alpha value is -4.79. The average molecular weight is 638 g/mol. The molecule has 0 bridgehead atoms. The highest BCUT2D eigenvalue weighted by molar-refractivity contribution is 7.12. The van der Waals surface area contributed by atoms with Gasteiger partial charge in [0, 0.05) is 11.9 Å². The number of guanidine groups is 1. The number of hydrogen-bond donors (Lipinski definition) is 4. The normalized spacial score (nSPS) is 10.1. The average Bonchev–Trinajstić information content (AvgIpc) is 3.37. The molecule has 0 radical (unpaired) electrons. The van der Waals surface area contributed by atoms with E-state index in [0.29, 0.717) is 16.5 Å². The topological polar surface area (TPSA) is 198 Å². The second kappa shape index (κ2) is 14.2. The molecule has 0 unspecified atom stereocenters.